The number of fused-ring (bicyclic) bond motifs is 1. The molecule has 2 aliphatic rings. The lowest BCUT2D eigenvalue weighted by molar-refractivity contribution is -0.0606. The standard InChI is InChI=1S/C28H28N4O2/c33-20-26-27(22-9-6-21(7-10-22)8-11-24-5-1-2-14-30-24)25-19-31(17-3-4-18-32(25)26)28(34)23-12-15-29-16-13-23/h1-2,5-7,9-10,12-16,25-27,33H,3-4,17-20H2/t25-,26-,27+/m0/s1. The van der Waals surface area contributed by atoms with Crippen LogP contribution in [0.15, 0.2) is 73.2 Å². The minimum absolute atomic E-state index is 0.0515. The molecular formula is C28H28N4O2. The van der Waals surface area contributed by atoms with Gasteiger partial charge in [0.05, 0.1) is 6.61 Å². The van der Waals surface area contributed by atoms with Crippen molar-refractivity contribution in [2.24, 2.45) is 0 Å². The molecule has 0 unspecified atom stereocenters. The maximum absolute atomic E-state index is 13.2. The fourth-order valence-electron chi connectivity index (χ4n) is 5.16. The van der Waals surface area contributed by atoms with Crippen LogP contribution in [0.2, 0.25) is 0 Å². The minimum atomic E-state index is 0.0515. The molecule has 4 heterocycles. The lowest BCUT2D eigenvalue weighted by Gasteiger charge is -2.57. The third-order valence-electron chi connectivity index (χ3n) is 6.88. The number of hydrogen-bond acceptors (Lipinski definition) is 5. The van der Waals surface area contributed by atoms with Crippen LogP contribution in [0.25, 0.3) is 0 Å². The van der Waals surface area contributed by atoms with Crippen LogP contribution in [0.5, 0.6) is 0 Å². The Morgan fingerprint density at radius 1 is 0.971 bits per heavy atom. The molecule has 1 N–H and O–H groups in total. The first-order valence-electron chi connectivity index (χ1n) is 11.8. The van der Waals surface area contributed by atoms with Crippen LogP contribution in [0.4, 0.5) is 0 Å². The molecule has 2 aliphatic heterocycles. The molecule has 2 fully saturated rings. The fraction of sp³-hybridized carbons (Fsp3) is 0.321. The van der Waals surface area contributed by atoms with Crippen LogP contribution in [0.3, 0.4) is 0 Å². The van der Waals surface area contributed by atoms with Gasteiger partial charge in [-0.15, -0.1) is 0 Å². The van der Waals surface area contributed by atoms with Crippen molar-refractivity contribution in [3.8, 4) is 11.8 Å². The summed E-state index contributed by atoms with van der Waals surface area (Å²) in [5, 5.41) is 10.2. The Bertz CT molecular complexity index is 1170. The highest BCUT2D eigenvalue weighted by molar-refractivity contribution is 5.94. The molecule has 0 radical (unpaired) electrons. The molecule has 3 atom stereocenters. The molecule has 2 saturated heterocycles. The predicted molar refractivity (Wildman–Crippen MR) is 130 cm³/mol. The van der Waals surface area contributed by atoms with Crippen molar-refractivity contribution < 1.29 is 9.90 Å². The molecule has 3 aromatic rings. The number of amides is 1. The van der Waals surface area contributed by atoms with Crippen molar-refractivity contribution in [3.63, 3.8) is 0 Å². The number of aromatic nitrogens is 2. The van der Waals surface area contributed by atoms with Crippen molar-refractivity contribution in [2.75, 3.05) is 26.2 Å². The van der Waals surface area contributed by atoms with Crippen molar-refractivity contribution in [3.05, 3.63) is 95.6 Å². The summed E-state index contributed by atoms with van der Waals surface area (Å²) < 4.78 is 0. The zero-order chi connectivity index (χ0) is 23.3. The summed E-state index contributed by atoms with van der Waals surface area (Å²) in [7, 11) is 0. The quantitative estimate of drug-likeness (QED) is 0.619. The summed E-state index contributed by atoms with van der Waals surface area (Å²) in [6, 6.07) is 17.8. The first kappa shape index (κ1) is 22.3. The van der Waals surface area contributed by atoms with Crippen LogP contribution in [-0.2, 0) is 0 Å². The number of benzene rings is 1. The molecule has 6 nitrogen and oxygen atoms in total. The molecular weight excluding hydrogens is 424 g/mol. The van der Waals surface area contributed by atoms with Gasteiger partial charge in [-0.2, -0.15) is 0 Å². The van der Waals surface area contributed by atoms with E-state index in [-0.39, 0.29) is 30.5 Å². The second kappa shape index (κ2) is 10.2. The molecule has 2 aromatic heterocycles. The van der Waals surface area contributed by atoms with E-state index in [2.05, 4.69) is 38.8 Å². The van der Waals surface area contributed by atoms with E-state index in [4.69, 9.17) is 0 Å². The minimum Gasteiger partial charge on any atom is -0.395 e. The topological polar surface area (TPSA) is 69.6 Å². The van der Waals surface area contributed by atoms with Gasteiger partial charge < -0.3 is 10.0 Å². The number of carbonyl (C=O) groups excluding carboxylic acids is 1. The lowest BCUT2D eigenvalue weighted by atomic mass is 9.74. The molecule has 6 heteroatoms. The van der Waals surface area contributed by atoms with Gasteiger partial charge in [-0.05, 0) is 67.3 Å². The van der Waals surface area contributed by atoms with Crippen molar-refractivity contribution in [2.45, 2.75) is 30.8 Å². The highest BCUT2D eigenvalue weighted by atomic mass is 16.3. The molecule has 0 saturated carbocycles. The zero-order valence-electron chi connectivity index (χ0n) is 19.0. The SMILES string of the molecule is O=C(c1ccncc1)N1CCCCN2[C@@H](CO)[C@H](c3ccc(C#Cc4ccccn4)cc3)[C@@H]2C1. The Morgan fingerprint density at radius 2 is 1.76 bits per heavy atom. The van der Waals surface area contributed by atoms with E-state index in [0.29, 0.717) is 12.1 Å². The van der Waals surface area contributed by atoms with E-state index in [1.165, 1.54) is 5.56 Å². The third-order valence-corrected chi connectivity index (χ3v) is 6.88. The third kappa shape index (κ3) is 4.58. The molecule has 172 valence electrons. The number of nitrogens with zero attached hydrogens (tertiary/aromatic N) is 4. The van der Waals surface area contributed by atoms with Crippen LogP contribution < -0.4 is 0 Å². The van der Waals surface area contributed by atoms with Gasteiger partial charge in [0.15, 0.2) is 0 Å². The monoisotopic (exact) mass is 452 g/mol. The van der Waals surface area contributed by atoms with Gasteiger partial charge in [0.1, 0.15) is 5.69 Å². The molecule has 0 bridgehead atoms. The molecule has 34 heavy (non-hydrogen) atoms. The number of hydrogen-bond donors (Lipinski definition) is 1. The van der Waals surface area contributed by atoms with Crippen molar-refractivity contribution in [1.82, 2.24) is 19.8 Å². The van der Waals surface area contributed by atoms with Crippen LogP contribution in [0.1, 0.15) is 45.9 Å². The second-order valence-electron chi connectivity index (χ2n) is 8.86. The average molecular weight is 453 g/mol. The van der Waals surface area contributed by atoms with E-state index >= 15 is 0 Å². The van der Waals surface area contributed by atoms with Gasteiger partial charge in [-0.1, -0.05) is 24.1 Å². The first-order chi connectivity index (χ1) is 16.7. The van der Waals surface area contributed by atoms with Crippen molar-refractivity contribution >= 4 is 5.91 Å². The van der Waals surface area contributed by atoms with E-state index in [1.807, 2.05) is 35.2 Å². The summed E-state index contributed by atoms with van der Waals surface area (Å²) in [5.74, 6) is 6.49. The number of aliphatic hydroxyl groups excluding tert-OH is 1. The van der Waals surface area contributed by atoms with E-state index in [9.17, 15) is 9.90 Å². The fourth-order valence-corrected chi connectivity index (χ4v) is 5.16. The molecule has 0 spiro atoms. The number of pyridine rings is 2. The predicted octanol–water partition coefficient (Wildman–Crippen LogP) is 2.94. The summed E-state index contributed by atoms with van der Waals surface area (Å²) >= 11 is 0. The zero-order valence-corrected chi connectivity index (χ0v) is 19.0. The average Bonchev–Trinajstić information content (AvgIpc) is 2.88. The maximum Gasteiger partial charge on any atom is 0.254 e. The van der Waals surface area contributed by atoms with E-state index in [0.717, 1.165) is 37.2 Å². The Kier molecular flexibility index (Phi) is 6.66. The smallest absolute Gasteiger partial charge is 0.254 e. The van der Waals surface area contributed by atoms with Gasteiger partial charge in [0.25, 0.3) is 5.91 Å². The van der Waals surface area contributed by atoms with Gasteiger partial charge in [-0.25, -0.2) is 4.98 Å². The highest BCUT2D eigenvalue weighted by Gasteiger charge is 2.49. The summed E-state index contributed by atoms with van der Waals surface area (Å²) in [6.07, 6.45) is 7.04. The normalized spacial score (nSPS) is 22.4. The number of rotatable bonds is 3. The molecule has 1 amide bonds. The van der Waals surface area contributed by atoms with Gasteiger partial charge >= 0.3 is 0 Å². The Morgan fingerprint density at radius 3 is 2.50 bits per heavy atom. The van der Waals surface area contributed by atoms with Gasteiger partial charge in [-0.3, -0.25) is 14.7 Å². The molecule has 0 aliphatic carbocycles. The van der Waals surface area contributed by atoms with E-state index < -0.39 is 0 Å². The largest absolute Gasteiger partial charge is 0.395 e. The number of carbonyl (C=O) groups is 1. The second-order valence-corrected chi connectivity index (χ2v) is 8.86. The summed E-state index contributed by atoms with van der Waals surface area (Å²) in [5.41, 5.74) is 3.53. The summed E-state index contributed by atoms with van der Waals surface area (Å²) in [6.45, 7) is 2.48. The van der Waals surface area contributed by atoms with Gasteiger partial charge in [0, 0.05) is 60.8 Å². The van der Waals surface area contributed by atoms with Gasteiger partial charge in [0.2, 0.25) is 0 Å². The van der Waals surface area contributed by atoms with E-state index in [1.54, 1.807) is 30.7 Å². The Hall–Kier alpha value is -3.53. The highest BCUT2D eigenvalue weighted by Crippen LogP contribution is 2.42. The van der Waals surface area contributed by atoms with Crippen LogP contribution >= 0.6 is 0 Å². The van der Waals surface area contributed by atoms with Crippen LogP contribution in [-0.4, -0.2) is 69.1 Å². The molecule has 5 rings (SSSR count). The lowest BCUT2D eigenvalue weighted by Crippen LogP contribution is -2.67. The maximum atomic E-state index is 13.2. The first-order valence-corrected chi connectivity index (χ1v) is 11.8. The van der Waals surface area contributed by atoms with Crippen molar-refractivity contribution in [1.29, 1.82) is 0 Å². The molecule has 1 aromatic carbocycles. The Balaban J connectivity index is 1.35. The number of aliphatic hydroxyl groups is 1. The Labute approximate surface area is 200 Å². The summed E-state index contributed by atoms with van der Waals surface area (Å²) in [4.78, 5) is 25.8. The van der Waals surface area contributed by atoms with Crippen LogP contribution in [0, 0.1) is 11.8 Å².